The second-order valence-corrected chi connectivity index (χ2v) is 4.13. The Bertz CT molecular complexity index is 559. The molecular formula is C14H13FO2. The van der Waals surface area contributed by atoms with Crippen molar-refractivity contribution in [2.75, 3.05) is 0 Å². The van der Waals surface area contributed by atoms with E-state index >= 15 is 0 Å². The van der Waals surface area contributed by atoms with E-state index in [2.05, 4.69) is 0 Å². The van der Waals surface area contributed by atoms with Gasteiger partial charge in [-0.05, 0) is 50.1 Å². The number of hydrogen-bond donors (Lipinski definition) is 0. The van der Waals surface area contributed by atoms with E-state index in [-0.39, 0.29) is 11.6 Å². The van der Waals surface area contributed by atoms with Crippen molar-refractivity contribution in [3.8, 4) is 0 Å². The number of benzene rings is 1. The Morgan fingerprint density at radius 1 is 1.18 bits per heavy atom. The largest absolute Gasteiger partial charge is 0.469 e. The highest BCUT2D eigenvalue weighted by Gasteiger charge is 2.18. The first kappa shape index (κ1) is 11.6. The summed E-state index contributed by atoms with van der Waals surface area (Å²) < 4.78 is 18.3. The zero-order valence-electron chi connectivity index (χ0n) is 10.0. The molecule has 0 aliphatic heterocycles. The Hall–Kier alpha value is -1.90. The normalized spacial score (nSPS) is 10.6. The monoisotopic (exact) mass is 232 g/mol. The van der Waals surface area contributed by atoms with Gasteiger partial charge in [0.2, 0.25) is 0 Å². The molecule has 2 rings (SSSR count). The summed E-state index contributed by atoms with van der Waals surface area (Å²) in [5, 5.41) is 0. The lowest BCUT2D eigenvalue weighted by Gasteiger charge is -2.08. The number of rotatable bonds is 2. The van der Waals surface area contributed by atoms with Crippen LogP contribution in [0.3, 0.4) is 0 Å². The topological polar surface area (TPSA) is 30.2 Å². The lowest BCUT2D eigenvalue weighted by molar-refractivity contribution is 0.103. The molecule has 3 heteroatoms. The summed E-state index contributed by atoms with van der Waals surface area (Å²) in [5.41, 5.74) is 2.37. The van der Waals surface area contributed by atoms with Crippen molar-refractivity contribution in [1.82, 2.24) is 0 Å². The quantitative estimate of drug-likeness (QED) is 0.741. The van der Waals surface area contributed by atoms with Gasteiger partial charge in [0.25, 0.3) is 0 Å². The predicted molar refractivity (Wildman–Crippen MR) is 62.8 cm³/mol. The average molecular weight is 232 g/mol. The van der Waals surface area contributed by atoms with E-state index in [9.17, 15) is 9.18 Å². The Morgan fingerprint density at radius 2 is 1.76 bits per heavy atom. The fourth-order valence-corrected chi connectivity index (χ4v) is 2.02. The molecule has 0 N–H and O–H groups in total. The van der Waals surface area contributed by atoms with E-state index in [1.807, 2.05) is 0 Å². The molecule has 0 amide bonds. The van der Waals surface area contributed by atoms with Crippen LogP contribution in [0, 0.1) is 26.6 Å². The zero-order valence-corrected chi connectivity index (χ0v) is 10.0. The van der Waals surface area contributed by atoms with Crippen molar-refractivity contribution in [3.05, 3.63) is 58.3 Å². The number of carbonyl (C=O) groups excluding carboxylic acids is 1. The van der Waals surface area contributed by atoms with Gasteiger partial charge in [0.05, 0.1) is 11.8 Å². The van der Waals surface area contributed by atoms with Crippen molar-refractivity contribution in [3.63, 3.8) is 0 Å². The fourth-order valence-electron chi connectivity index (χ4n) is 2.02. The van der Waals surface area contributed by atoms with Gasteiger partial charge in [-0.1, -0.05) is 0 Å². The van der Waals surface area contributed by atoms with Gasteiger partial charge < -0.3 is 4.42 Å². The maximum Gasteiger partial charge on any atom is 0.197 e. The van der Waals surface area contributed by atoms with Gasteiger partial charge in [-0.3, -0.25) is 4.79 Å². The lowest BCUT2D eigenvalue weighted by atomic mass is 9.95. The van der Waals surface area contributed by atoms with Gasteiger partial charge in [-0.25, -0.2) is 4.39 Å². The fraction of sp³-hybridized carbons (Fsp3) is 0.214. The van der Waals surface area contributed by atoms with Crippen molar-refractivity contribution < 1.29 is 13.6 Å². The molecule has 2 nitrogen and oxygen atoms in total. The van der Waals surface area contributed by atoms with Crippen LogP contribution in [0.4, 0.5) is 4.39 Å². The van der Waals surface area contributed by atoms with Crippen molar-refractivity contribution in [1.29, 1.82) is 0 Å². The van der Waals surface area contributed by atoms with Crippen LogP contribution < -0.4 is 0 Å². The van der Waals surface area contributed by atoms with Crippen LogP contribution >= 0.6 is 0 Å². The third kappa shape index (κ3) is 2.00. The molecule has 17 heavy (non-hydrogen) atoms. The van der Waals surface area contributed by atoms with Gasteiger partial charge in [-0.2, -0.15) is 0 Å². The van der Waals surface area contributed by atoms with E-state index < -0.39 is 0 Å². The van der Waals surface area contributed by atoms with Crippen LogP contribution in [0.1, 0.15) is 32.8 Å². The Labute approximate surface area is 99.1 Å². The van der Waals surface area contributed by atoms with E-state index in [0.717, 1.165) is 0 Å². The van der Waals surface area contributed by atoms with E-state index in [4.69, 9.17) is 4.42 Å². The van der Waals surface area contributed by atoms with Crippen LogP contribution in [0.2, 0.25) is 0 Å². The third-order valence-corrected chi connectivity index (χ3v) is 2.83. The van der Waals surface area contributed by atoms with Crippen molar-refractivity contribution in [2.45, 2.75) is 20.8 Å². The Morgan fingerprint density at radius 3 is 2.24 bits per heavy atom. The molecule has 0 saturated heterocycles. The first-order valence-corrected chi connectivity index (χ1v) is 5.36. The second kappa shape index (κ2) is 4.17. The van der Waals surface area contributed by atoms with Crippen molar-refractivity contribution >= 4 is 5.78 Å². The average Bonchev–Trinajstić information content (AvgIpc) is 2.62. The molecule has 0 aliphatic rings. The number of hydrogen-bond acceptors (Lipinski definition) is 2. The van der Waals surface area contributed by atoms with Crippen molar-refractivity contribution in [2.24, 2.45) is 0 Å². The Balaban J connectivity index is 2.56. The molecular weight excluding hydrogens is 219 g/mol. The number of furan rings is 1. The summed E-state index contributed by atoms with van der Waals surface area (Å²) in [6.07, 6.45) is 1.48. The number of carbonyl (C=O) groups is 1. The third-order valence-electron chi connectivity index (χ3n) is 2.83. The van der Waals surface area contributed by atoms with E-state index in [0.29, 0.717) is 28.0 Å². The molecule has 1 heterocycles. The SMILES string of the molecule is Cc1cc(F)cc(C)c1C(=O)c1ccoc1C. The second-order valence-electron chi connectivity index (χ2n) is 4.13. The molecule has 0 radical (unpaired) electrons. The number of halogens is 1. The van der Waals surface area contributed by atoms with Gasteiger partial charge >= 0.3 is 0 Å². The molecule has 0 spiro atoms. The highest BCUT2D eigenvalue weighted by atomic mass is 19.1. The maximum atomic E-state index is 13.2. The van der Waals surface area contributed by atoms with Crippen LogP contribution in [-0.4, -0.2) is 5.78 Å². The van der Waals surface area contributed by atoms with Crippen LogP contribution in [0.5, 0.6) is 0 Å². The first-order chi connectivity index (χ1) is 8.00. The summed E-state index contributed by atoms with van der Waals surface area (Å²) in [5.74, 6) is 0.143. The molecule has 0 saturated carbocycles. The maximum absolute atomic E-state index is 13.2. The molecule has 0 aliphatic carbocycles. The molecule has 0 unspecified atom stereocenters. The van der Waals surface area contributed by atoms with Crippen LogP contribution in [-0.2, 0) is 0 Å². The minimum absolute atomic E-state index is 0.119. The molecule has 1 aromatic heterocycles. The molecule has 0 atom stereocenters. The number of aryl methyl sites for hydroxylation is 3. The molecule has 88 valence electrons. The first-order valence-electron chi connectivity index (χ1n) is 5.36. The summed E-state index contributed by atoms with van der Waals surface area (Å²) in [7, 11) is 0. The predicted octanol–water partition coefficient (Wildman–Crippen LogP) is 3.57. The molecule has 0 fully saturated rings. The lowest BCUT2D eigenvalue weighted by Crippen LogP contribution is -2.07. The van der Waals surface area contributed by atoms with Crippen LogP contribution in [0.25, 0.3) is 0 Å². The summed E-state index contributed by atoms with van der Waals surface area (Å²) >= 11 is 0. The summed E-state index contributed by atoms with van der Waals surface area (Å²) in [6.45, 7) is 5.21. The smallest absolute Gasteiger partial charge is 0.197 e. The van der Waals surface area contributed by atoms with E-state index in [1.165, 1.54) is 18.4 Å². The summed E-state index contributed by atoms with van der Waals surface area (Å²) in [4.78, 5) is 12.3. The molecule has 0 bridgehead atoms. The van der Waals surface area contributed by atoms with Gasteiger partial charge in [-0.15, -0.1) is 0 Å². The highest BCUT2D eigenvalue weighted by molar-refractivity contribution is 6.11. The standard InChI is InChI=1S/C14H13FO2/c1-8-6-11(15)7-9(2)13(8)14(16)12-4-5-17-10(12)3/h4-7H,1-3H3. The van der Waals surface area contributed by atoms with Gasteiger partial charge in [0.1, 0.15) is 11.6 Å². The molecule has 2 aromatic rings. The van der Waals surface area contributed by atoms with Gasteiger partial charge in [0.15, 0.2) is 5.78 Å². The summed E-state index contributed by atoms with van der Waals surface area (Å²) in [6, 6.07) is 4.38. The highest BCUT2D eigenvalue weighted by Crippen LogP contribution is 2.22. The van der Waals surface area contributed by atoms with E-state index in [1.54, 1.807) is 26.8 Å². The Kier molecular flexibility index (Phi) is 2.84. The minimum Gasteiger partial charge on any atom is -0.469 e. The minimum atomic E-state index is -0.319. The number of ketones is 1. The molecule has 1 aromatic carbocycles. The van der Waals surface area contributed by atoms with Gasteiger partial charge in [0, 0.05) is 5.56 Å². The van der Waals surface area contributed by atoms with Crippen LogP contribution in [0.15, 0.2) is 28.9 Å². The zero-order chi connectivity index (χ0) is 12.6.